The second-order valence-corrected chi connectivity index (χ2v) is 12.7. The SMILES string of the molecule is CCC1(c2cccc(NS(=O)(=O)C3CC3)c2)C2CN(CC3(OC)Cc4ccccc4C3)CC21. The fraction of sp³-hybridized carbons (Fsp3) is 0.556. The van der Waals surface area contributed by atoms with Crippen LogP contribution in [-0.2, 0) is 33.0 Å². The van der Waals surface area contributed by atoms with Crippen LogP contribution < -0.4 is 4.72 Å². The third-order valence-corrected chi connectivity index (χ3v) is 10.8. The third-order valence-electron chi connectivity index (χ3n) is 8.91. The maximum absolute atomic E-state index is 12.4. The first-order valence-electron chi connectivity index (χ1n) is 12.4. The van der Waals surface area contributed by atoms with Crippen LogP contribution in [0.15, 0.2) is 48.5 Å². The van der Waals surface area contributed by atoms with Gasteiger partial charge in [-0.05, 0) is 59.9 Å². The van der Waals surface area contributed by atoms with Crippen molar-refractivity contribution in [2.75, 3.05) is 31.5 Å². The van der Waals surface area contributed by atoms with Crippen molar-refractivity contribution in [3.63, 3.8) is 0 Å². The summed E-state index contributed by atoms with van der Waals surface area (Å²) in [4.78, 5) is 2.61. The van der Waals surface area contributed by atoms with E-state index < -0.39 is 10.0 Å². The second kappa shape index (κ2) is 7.56. The largest absolute Gasteiger partial charge is 0.376 e. The lowest BCUT2D eigenvalue weighted by molar-refractivity contribution is -0.0276. The van der Waals surface area contributed by atoms with Crippen molar-refractivity contribution in [3.8, 4) is 0 Å². The number of piperidine rings is 1. The third kappa shape index (κ3) is 3.53. The first-order valence-corrected chi connectivity index (χ1v) is 13.9. The van der Waals surface area contributed by atoms with Gasteiger partial charge >= 0.3 is 0 Å². The van der Waals surface area contributed by atoms with E-state index in [1.807, 2.05) is 19.2 Å². The molecule has 1 aliphatic heterocycles. The molecule has 2 atom stereocenters. The van der Waals surface area contributed by atoms with Crippen molar-refractivity contribution in [2.24, 2.45) is 11.8 Å². The Hall–Kier alpha value is -1.89. The molecule has 0 bridgehead atoms. The Bertz CT molecular complexity index is 1140. The average Bonchev–Trinajstić information content (AvgIpc) is 3.68. The van der Waals surface area contributed by atoms with Crippen LogP contribution in [0.25, 0.3) is 0 Å². The fourth-order valence-corrected chi connectivity index (χ4v) is 8.37. The van der Waals surface area contributed by atoms with Crippen molar-refractivity contribution >= 4 is 15.7 Å². The minimum absolute atomic E-state index is 0.115. The van der Waals surface area contributed by atoms with Gasteiger partial charge in [0, 0.05) is 50.7 Å². The van der Waals surface area contributed by atoms with Gasteiger partial charge in [-0.15, -0.1) is 0 Å². The molecule has 5 nitrogen and oxygen atoms in total. The van der Waals surface area contributed by atoms with E-state index in [1.54, 1.807) is 0 Å². The molecule has 3 aliphatic carbocycles. The summed E-state index contributed by atoms with van der Waals surface area (Å²) in [6.07, 6.45) is 4.64. The molecule has 4 aliphatic rings. The summed E-state index contributed by atoms with van der Waals surface area (Å²) in [5.74, 6) is 1.27. The van der Waals surface area contributed by atoms with Gasteiger partial charge in [-0.25, -0.2) is 8.42 Å². The minimum Gasteiger partial charge on any atom is -0.376 e. The van der Waals surface area contributed by atoms with Crippen LogP contribution in [0.3, 0.4) is 0 Å². The van der Waals surface area contributed by atoms with Crippen LogP contribution in [0, 0.1) is 11.8 Å². The number of methoxy groups -OCH3 is 1. The number of nitrogens with one attached hydrogen (secondary N) is 1. The van der Waals surface area contributed by atoms with Gasteiger partial charge in [0.15, 0.2) is 0 Å². The highest BCUT2D eigenvalue weighted by Crippen LogP contribution is 2.65. The number of hydrogen-bond acceptors (Lipinski definition) is 4. The van der Waals surface area contributed by atoms with Crippen molar-refractivity contribution in [3.05, 3.63) is 65.2 Å². The van der Waals surface area contributed by atoms with Crippen LogP contribution in [0.2, 0.25) is 0 Å². The van der Waals surface area contributed by atoms with Crippen molar-refractivity contribution < 1.29 is 13.2 Å². The smallest absolute Gasteiger partial charge is 0.235 e. The first-order chi connectivity index (χ1) is 15.9. The predicted molar refractivity (Wildman–Crippen MR) is 131 cm³/mol. The first kappa shape index (κ1) is 21.6. The zero-order chi connectivity index (χ0) is 22.8. The highest BCUT2D eigenvalue weighted by molar-refractivity contribution is 7.93. The molecule has 0 radical (unpaired) electrons. The Labute approximate surface area is 197 Å². The molecule has 1 N–H and O–H groups in total. The number of fused-ring (bicyclic) bond motifs is 2. The van der Waals surface area contributed by atoms with Crippen LogP contribution in [0.1, 0.15) is 42.9 Å². The maximum atomic E-state index is 12.4. The van der Waals surface area contributed by atoms with E-state index in [-0.39, 0.29) is 16.3 Å². The average molecular weight is 467 g/mol. The molecule has 0 aromatic heterocycles. The number of likely N-dealkylation sites (tertiary alicyclic amines) is 1. The van der Waals surface area contributed by atoms with E-state index in [0.717, 1.165) is 57.4 Å². The summed E-state index contributed by atoms with van der Waals surface area (Å²) in [6, 6.07) is 16.9. The van der Waals surface area contributed by atoms with Gasteiger partial charge in [0.05, 0.1) is 10.9 Å². The van der Waals surface area contributed by atoms with Gasteiger partial charge in [-0.3, -0.25) is 9.62 Å². The lowest BCUT2D eigenvalue weighted by Crippen LogP contribution is -2.46. The quantitative estimate of drug-likeness (QED) is 0.639. The molecule has 33 heavy (non-hydrogen) atoms. The molecular weight excluding hydrogens is 432 g/mol. The molecule has 2 aromatic carbocycles. The van der Waals surface area contributed by atoms with Gasteiger partial charge in [0.25, 0.3) is 0 Å². The summed E-state index contributed by atoms with van der Waals surface area (Å²) in [7, 11) is -1.37. The number of hydrogen-bond donors (Lipinski definition) is 1. The number of nitrogens with zero attached hydrogens (tertiary/aromatic N) is 1. The van der Waals surface area contributed by atoms with Crippen molar-refractivity contribution in [1.29, 1.82) is 0 Å². The summed E-state index contributed by atoms with van der Waals surface area (Å²) in [5, 5.41) is -0.204. The maximum Gasteiger partial charge on any atom is 0.235 e. The van der Waals surface area contributed by atoms with Gasteiger partial charge in [0.1, 0.15) is 0 Å². The molecule has 0 amide bonds. The Morgan fingerprint density at radius 3 is 2.27 bits per heavy atom. The zero-order valence-corrected chi connectivity index (χ0v) is 20.4. The zero-order valence-electron chi connectivity index (χ0n) is 19.6. The molecular formula is C27H34N2O3S. The van der Waals surface area contributed by atoms with Crippen LogP contribution in [-0.4, -0.2) is 50.9 Å². The molecule has 0 spiro atoms. The Morgan fingerprint density at radius 2 is 1.70 bits per heavy atom. The molecule has 6 heteroatoms. The van der Waals surface area contributed by atoms with Gasteiger partial charge in [-0.2, -0.15) is 0 Å². The summed E-state index contributed by atoms with van der Waals surface area (Å²) in [5.41, 5.74) is 4.93. The lowest BCUT2D eigenvalue weighted by Gasteiger charge is -2.35. The van der Waals surface area contributed by atoms with Gasteiger partial charge in [-0.1, -0.05) is 43.3 Å². The number of sulfonamides is 1. The molecule has 2 saturated carbocycles. The van der Waals surface area contributed by atoms with E-state index in [2.05, 4.69) is 52.9 Å². The summed E-state index contributed by atoms with van der Waals surface area (Å²) < 4.78 is 33.8. The van der Waals surface area contributed by atoms with Crippen LogP contribution in [0.5, 0.6) is 0 Å². The molecule has 2 aromatic rings. The Morgan fingerprint density at radius 1 is 1.03 bits per heavy atom. The lowest BCUT2D eigenvalue weighted by atomic mass is 9.87. The van der Waals surface area contributed by atoms with E-state index >= 15 is 0 Å². The van der Waals surface area contributed by atoms with Crippen LogP contribution in [0.4, 0.5) is 5.69 Å². The highest BCUT2D eigenvalue weighted by Gasteiger charge is 2.67. The molecule has 2 unspecified atom stereocenters. The van der Waals surface area contributed by atoms with Crippen molar-refractivity contribution in [2.45, 2.75) is 55.3 Å². The topological polar surface area (TPSA) is 58.6 Å². The molecule has 1 saturated heterocycles. The van der Waals surface area contributed by atoms with Gasteiger partial charge < -0.3 is 4.74 Å². The fourth-order valence-electron chi connectivity index (χ4n) is 6.99. The number of rotatable bonds is 8. The van der Waals surface area contributed by atoms with E-state index in [1.165, 1.54) is 16.7 Å². The summed E-state index contributed by atoms with van der Waals surface area (Å²) in [6.45, 7) is 5.45. The molecule has 1 heterocycles. The second-order valence-electron chi connectivity index (χ2n) is 10.7. The highest BCUT2D eigenvalue weighted by atomic mass is 32.2. The Balaban J connectivity index is 1.15. The van der Waals surface area contributed by atoms with E-state index in [4.69, 9.17) is 4.74 Å². The predicted octanol–water partition coefficient (Wildman–Crippen LogP) is 3.98. The molecule has 3 fully saturated rings. The Kier molecular flexibility index (Phi) is 4.95. The standard InChI is InChI=1S/C27H34N2O3S/c1-3-27(21-9-6-10-22(13-21)28-33(30,31)23-11-12-23)24-16-29(17-25(24)27)18-26(32-2)14-19-7-4-5-8-20(19)15-26/h4-10,13,23-25,28H,3,11-12,14-18H2,1-2H3. The number of benzene rings is 2. The van der Waals surface area contributed by atoms with Gasteiger partial charge in [0.2, 0.25) is 10.0 Å². The molecule has 6 rings (SSSR count). The van der Waals surface area contributed by atoms with E-state index in [9.17, 15) is 8.42 Å². The summed E-state index contributed by atoms with van der Waals surface area (Å²) >= 11 is 0. The van der Waals surface area contributed by atoms with E-state index in [0.29, 0.717) is 11.8 Å². The van der Waals surface area contributed by atoms with Crippen LogP contribution >= 0.6 is 0 Å². The molecule has 176 valence electrons. The normalized spacial score (nSPS) is 30.1. The number of anilines is 1. The number of ether oxygens (including phenoxy) is 1. The van der Waals surface area contributed by atoms with Crippen molar-refractivity contribution in [1.82, 2.24) is 4.90 Å². The monoisotopic (exact) mass is 466 g/mol. The minimum atomic E-state index is -3.23.